The van der Waals surface area contributed by atoms with Crippen LogP contribution in [0, 0.1) is 19.8 Å². The Labute approximate surface area is 151 Å². The Kier molecular flexibility index (Phi) is 6.24. The molecule has 3 heterocycles. The summed E-state index contributed by atoms with van der Waals surface area (Å²) in [7, 11) is 0. The van der Waals surface area contributed by atoms with Gasteiger partial charge in [0, 0.05) is 36.9 Å². The SMILES string of the molecule is Cc1cc(C)nc(N2CCC(C(=O)NCCCN3CCCC3)CC2)n1. The molecule has 2 fully saturated rings. The van der Waals surface area contributed by atoms with Crippen molar-refractivity contribution < 1.29 is 4.79 Å². The third kappa shape index (κ3) is 5.14. The first-order valence-electron chi connectivity index (χ1n) is 9.69. The van der Waals surface area contributed by atoms with Gasteiger partial charge in [-0.15, -0.1) is 0 Å². The summed E-state index contributed by atoms with van der Waals surface area (Å²) in [5, 5.41) is 3.13. The van der Waals surface area contributed by atoms with E-state index in [1.807, 2.05) is 19.9 Å². The quantitative estimate of drug-likeness (QED) is 0.798. The maximum atomic E-state index is 12.4. The van der Waals surface area contributed by atoms with Crippen molar-refractivity contribution >= 4 is 11.9 Å². The normalized spacial score (nSPS) is 19.4. The summed E-state index contributed by atoms with van der Waals surface area (Å²) >= 11 is 0. The standard InChI is InChI=1S/C19H31N5O/c1-15-14-16(2)22-19(21-15)24-12-6-17(7-13-24)18(25)20-8-5-11-23-9-3-4-10-23/h14,17H,3-13H2,1-2H3,(H,20,25). The van der Waals surface area contributed by atoms with Crippen molar-refractivity contribution in [3.8, 4) is 0 Å². The van der Waals surface area contributed by atoms with Gasteiger partial charge < -0.3 is 15.1 Å². The number of likely N-dealkylation sites (tertiary alicyclic amines) is 1. The molecule has 0 radical (unpaired) electrons. The third-order valence-corrected chi connectivity index (χ3v) is 5.27. The zero-order chi connectivity index (χ0) is 17.6. The number of rotatable bonds is 6. The van der Waals surface area contributed by atoms with Crippen molar-refractivity contribution in [3.05, 3.63) is 17.5 Å². The van der Waals surface area contributed by atoms with Gasteiger partial charge >= 0.3 is 0 Å². The largest absolute Gasteiger partial charge is 0.356 e. The second kappa shape index (κ2) is 8.61. The van der Waals surface area contributed by atoms with Crippen LogP contribution in [0.2, 0.25) is 0 Å². The van der Waals surface area contributed by atoms with E-state index in [9.17, 15) is 4.79 Å². The number of carbonyl (C=O) groups is 1. The molecule has 1 aromatic rings. The first kappa shape index (κ1) is 18.1. The van der Waals surface area contributed by atoms with E-state index >= 15 is 0 Å². The van der Waals surface area contributed by atoms with Gasteiger partial charge in [-0.2, -0.15) is 0 Å². The van der Waals surface area contributed by atoms with Gasteiger partial charge in [0.15, 0.2) is 0 Å². The van der Waals surface area contributed by atoms with Crippen LogP contribution in [0.1, 0.15) is 43.5 Å². The van der Waals surface area contributed by atoms with Gasteiger partial charge in [0.1, 0.15) is 0 Å². The van der Waals surface area contributed by atoms with Crippen LogP contribution in [0.25, 0.3) is 0 Å². The molecule has 3 rings (SSSR count). The molecule has 138 valence electrons. The number of anilines is 1. The lowest BCUT2D eigenvalue weighted by atomic mass is 9.96. The molecule has 0 aromatic carbocycles. The second-order valence-corrected chi connectivity index (χ2v) is 7.41. The highest BCUT2D eigenvalue weighted by Crippen LogP contribution is 2.21. The van der Waals surface area contributed by atoms with Crippen LogP contribution in [0.4, 0.5) is 5.95 Å². The fourth-order valence-electron chi connectivity index (χ4n) is 3.86. The number of piperidine rings is 1. The minimum atomic E-state index is 0.133. The average molecular weight is 345 g/mol. The number of aryl methyl sites for hydroxylation is 2. The molecule has 1 aromatic heterocycles. The fraction of sp³-hybridized carbons (Fsp3) is 0.737. The Hall–Kier alpha value is -1.69. The molecule has 0 spiro atoms. The molecule has 0 unspecified atom stereocenters. The van der Waals surface area contributed by atoms with Gasteiger partial charge in [-0.05, 0) is 71.7 Å². The number of hydrogen-bond acceptors (Lipinski definition) is 5. The highest BCUT2D eigenvalue weighted by atomic mass is 16.1. The Bertz CT molecular complexity index is 557. The summed E-state index contributed by atoms with van der Waals surface area (Å²) in [6.07, 6.45) is 5.48. The van der Waals surface area contributed by atoms with Crippen LogP contribution in [-0.2, 0) is 4.79 Å². The van der Waals surface area contributed by atoms with Crippen molar-refractivity contribution in [2.75, 3.05) is 44.2 Å². The predicted octanol–water partition coefficient (Wildman–Crippen LogP) is 1.91. The number of hydrogen-bond donors (Lipinski definition) is 1. The van der Waals surface area contributed by atoms with Gasteiger partial charge in [-0.1, -0.05) is 0 Å². The lowest BCUT2D eigenvalue weighted by Gasteiger charge is -2.31. The predicted molar refractivity (Wildman–Crippen MR) is 99.7 cm³/mol. The number of amides is 1. The summed E-state index contributed by atoms with van der Waals surface area (Å²) in [5.74, 6) is 1.17. The summed E-state index contributed by atoms with van der Waals surface area (Å²) in [6.45, 7) is 10.1. The summed E-state index contributed by atoms with van der Waals surface area (Å²) < 4.78 is 0. The van der Waals surface area contributed by atoms with Crippen LogP contribution < -0.4 is 10.2 Å². The minimum absolute atomic E-state index is 0.133. The summed E-state index contributed by atoms with van der Waals surface area (Å²) in [6, 6.07) is 1.99. The lowest BCUT2D eigenvalue weighted by molar-refractivity contribution is -0.125. The smallest absolute Gasteiger partial charge is 0.225 e. The van der Waals surface area contributed by atoms with Crippen LogP contribution in [-0.4, -0.2) is 60.0 Å². The topological polar surface area (TPSA) is 61.4 Å². The molecule has 2 saturated heterocycles. The highest BCUT2D eigenvalue weighted by molar-refractivity contribution is 5.78. The molecule has 0 bridgehead atoms. The molecular formula is C19H31N5O. The van der Waals surface area contributed by atoms with Gasteiger partial charge in [0.2, 0.25) is 11.9 Å². The Morgan fingerprint density at radius 3 is 2.40 bits per heavy atom. The molecule has 2 aliphatic rings. The number of carbonyl (C=O) groups excluding carboxylic acids is 1. The zero-order valence-corrected chi connectivity index (χ0v) is 15.6. The lowest BCUT2D eigenvalue weighted by Crippen LogP contribution is -2.41. The Morgan fingerprint density at radius 2 is 1.76 bits per heavy atom. The van der Waals surface area contributed by atoms with Crippen molar-refractivity contribution in [1.82, 2.24) is 20.2 Å². The highest BCUT2D eigenvalue weighted by Gasteiger charge is 2.26. The third-order valence-electron chi connectivity index (χ3n) is 5.27. The first-order chi connectivity index (χ1) is 12.1. The molecule has 2 aliphatic heterocycles. The van der Waals surface area contributed by atoms with Crippen LogP contribution in [0.3, 0.4) is 0 Å². The van der Waals surface area contributed by atoms with Crippen molar-refractivity contribution in [2.45, 2.75) is 46.0 Å². The van der Waals surface area contributed by atoms with Gasteiger partial charge in [-0.3, -0.25) is 4.79 Å². The van der Waals surface area contributed by atoms with E-state index in [-0.39, 0.29) is 11.8 Å². The van der Waals surface area contributed by atoms with Crippen LogP contribution in [0.5, 0.6) is 0 Å². The first-order valence-corrected chi connectivity index (χ1v) is 9.69. The van der Waals surface area contributed by atoms with Crippen LogP contribution in [0.15, 0.2) is 6.07 Å². The van der Waals surface area contributed by atoms with E-state index in [0.717, 1.165) is 62.8 Å². The number of nitrogens with one attached hydrogen (secondary N) is 1. The Morgan fingerprint density at radius 1 is 1.12 bits per heavy atom. The molecule has 1 amide bonds. The molecule has 25 heavy (non-hydrogen) atoms. The molecule has 0 aliphatic carbocycles. The minimum Gasteiger partial charge on any atom is -0.356 e. The van der Waals surface area contributed by atoms with E-state index < -0.39 is 0 Å². The van der Waals surface area contributed by atoms with Crippen molar-refractivity contribution in [2.24, 2.45) is 5.92 Å². The van der Waals surface area contributed by atoms with Crippen molar-refractivity contribution in [3.63, 3.8) is 0 Å². The number of nitrogens with zero attached hydrogens (tertiary/aromatic N) is 4. The fourth-order valence-corrected chi connectivity index (χ4v) is 3.86. The summed E-state index contributed by atoms with van der Waals surface area (Å²) in [5.41, 5.74) is 2.00. The second-order valence-electron chi connectivity index (χ2n) is 7.41. The average Bonchev–Trinajstić information content (AvgIpc) is 3.11. The molecule has 1 N–H and O–H groups in total. The van der Waals surface area contributed by atoms with Crippen molar-refractivity contribution in [1.29, 1.82) is 0 Å². The molecular weight excluding hydrogens is 314 g/mol. The summed E-state index contributed by atoms with van der Waals surface area (Å²) in [4.78, 5) is 26.1. The maximum absolute atomic E-state index is 12.4. The Balaban J connectivity index is 1.38. The molecule has 0 saturated carbocycles. The van der Waals surface area contributed by atoms with E-state index in [4.69, 9.17) is 0 Å². The van der Waals surface area contributed by atoms with Gasteiger partial charge in [-0.25, -0.2) is 9.97 Å². The zero-order valence-electron chi connectivity index (χ0n) is 15.6. The van der Waals surface area contributed by atoms with E-state index in [1.54, 1.807) is 0 Å². The maximum Gasteiger partial charge on any atom is 0.225 e. The van der Waals surface area contributed by atoms with Gasteiger partial charge in [0.25, 0.3) is 0 Å². The monoisotopic (exact) mass is 345 g/mol. The molecule has 0 atom stereocenters. The number of aromatic nitrogens is 2. The van der Waals surface area contributed by atoms with E-state index in [1.165, 1.54) is 25.9 Å². The van der Waals surface area contributed by atoms with E-state index in [0.29, 0.717) is 0 Å². The van der Waals surface area contributed by atoms with Gasteiger partial charge in [0.05, 0.1) is 0 Å². The molecule has 6 heteroatoms. The molecule has 6 nitrogen and oxygen atoms in total. The van der Waals surface area contributed by atoms with Crippen LogP contribution >= 0.6 is 0 Å². The van der Waals surface area contributed by atoms with E-state index in [2.05, 4.69) is 25.1 Å².